The summed E-state index contributed by atoms with van der Waals surface area (Å²) in [4.78, 5) is 4.73. The number of rotatable bonds is 2. The number of para-hydroxylation sites is 2. The van der Waals surface area contributed by atoms with Crippen LogP contribution in [0.4, 0.5) is 0 Å². The lowest BCUT2D eigenvalue weighted by Gasteiger charge is -2.24. The third-order valence-corrected chi connectivity index (χ3v) is 9.13. The van der Waals surface area contributed by atoms with Crippen LogP contribution in [0.3, 0.4) is 0 Å². The van der Waals surface area contributed by atoms with Crippen LogP contribution in [0, 0.1) is 0 Å². The molecule has 0 amide bonds. The van der Waals surface area contributed by atoms with E-state index in [1.807, 2.05) is 6.33 Å². The lowest BCUT2D eigenvalue weighted by molar-refractivity contribution is 0.664. The third kappa shape index (κ3) is 3.01. The Bertz CT molecular complexity index is 2330. The zero-order chi connectivity index (χ0) is 27.3. The molecule has 41 heavy (non-hydrogen) atoms. The predicted molar refractivity (Wildman–Crippen MR) is 170 cm³/mol. The Morgan fingerprint density at radius 1 is 0.585 bits per heavy atom. The van der Waals surface area contributed by atoms with Crippen molar-refractivity contribution in [3.05, 3.63) is 139 Å². The minimum atomic E-state index is -0.157. The standard InChI is InChI=1S/C38H27N3/c1-38(2)32-21-25-11-7-6-10-24(25)20-31(32)29-17-18-30-28-14-8-9-15-34(28)41(37(30)36(29)38)27-16-19-33-35(22-27)40(23-39-33)26-12-4-3-5-13-26/h3-23H,1-2H3. The SMILES string of the molecule is CC1(C)c2cc3ccccc3cc2-c2ccc3c4ccccc4n(-c4ccc5ncn(-c6ccccc6)c5c4)c3c21. The fourth-order valence-electron chi connectivity index (χ4n) is 7.23. The Labute approximate surface area is 237 Å². The van der Waals surface area contributed by atoms with Crippen LogP contribution in [0.15, 0.2) is 128 Å². The Hall–Kier alpha value is -5.15. The largest absolute Gasteiger partial charge is 0.309 e. The van der Waals surface area contributed by atoms with Gasteiger partial charge in [-0.15, -0.1) is 0 Å². The molecule has 2 heterocycles. The van der Waals surface area contributed by atoms with E-state index in [4.69, 9.17) is 4.98 Å². The van der Waals surface area contributed by atoms with Gasteiger partial charge >= 0.3 is 0 Å². The van der Waals surface area contributed by atoms with E-state index in [-0.39, 0.29) is 5.41 Å². The average molecular weight is 526 g/mol. The maximum Gasteiger partial charge on any atom is 0.100 e. The van der Waals surface area contributed by atoms with Crippen molar-refractivity contribution >= 4 is 43.6 Å². The number of aromatic nitrogens is 3. The minimum absolute atomic E-state index is 0.157. The second-order valence-electron chi connectivity index (χ2n) is 11.7. The number of hydrogen-bond acceptors (Lipinski definition) is 1. The van der Waals surface area contributed by atoms with Gasteiger partial charge < -0.3 is 4.57 Å². The first-order chi connectivity index (χ1) is 20.1. The molecular weight excluding hydrogens is 498 g/mol. The molecule has 194 valence electrons. The van der Waals surface area contributed by atoms with E-state index in [1.165, 1.54) is 54.8 Å². The van der Waals surface area contributed by atoms with Crippen LogP contribution in [0.25, 0.3) is 66.1 Å². The third-order valence-electron chi connectivity index (χ3n) is 9.13. The summed E-state index contributed by atoms with van der Waals surface area (Å²) in [6.45, 7) is 4.78. The van der Waals surface area contributed by atoms with Gasteiger partial charge in [0.25, 0.3) is 0 Å². The molecule has 9 rings (SSSR count). The lowest BCUT2D eigenvalue weighted by atomic mass is 9.81. The summed E-state index contributed by atoms with van der Waals surface area (Å²) in [6.07, 6.45) is 1.93. The first-order valence-corrected chi connectivity index (χ1v) is 14.2. The van der Waals surface area contributed by atoms with Crippen molar-refractivity contribution in [1.82, 2.24) is 14.1 Å². The quantitative estimate of drug-likeness (QED) is 0.220. The monoisotopic (exact) mass is 525 g/mol. The average Bonchev–Trinajstić information content (AvgIpc) is 3.65. The molecule has 0 spiro atoms. The number of nitrogens with zero attached hydrogens (tertiary/aromatic N) is 3. The summed E-state index contributed by atoms with van der Waals surface area (Å²) in [5.74, 6) is 0. The zero-order valence-corrected chi connectivity index (χ0v) is 23.0. The van der Waals surface area contributed by atoms with Crippen molar-refractivity contribution in [2.75, 3.05) is 0 Å². The highest BCUT2D eigenvalue weighted by Gasteiger charge is 2.38. The van der Waals surface area contributed by atoms with Crippen LogP contribution >= 0.6 is 0 Å². The van der Waals surface area contributed by atoms with Crippen LogP contribution < -0.4 is 0 Å². The molecule has 0 saturated carbocycles. The van der Waals surface area contributed by atoms with Gasteiger partial charge in [0.05, 0.1) is 22.1 Å². The van der Waals surface area contributed by atoms with Crippen molar-refractivity contribution in [3.63, 3.8) is 0 Å². The molecule has 6 aromatic carbocycles. The van der Waals surface area contributed by atoms with Gasteiger partial charge in [0.15, 0.2) is 0 Å². The normalized spacial score (nSPS) is 13.8. The van der Waals surface area contributed by atoms with E-state index < -0.39 is 0 Å². The fraction of sp³-hybridized carbons (Fsp3) is 0.0789. The maximum absolute atomic E-state index is 4.73. The number of hydrogen-bond donors (Lipinski definition) is 0. The van der Waals surface area contributed by atoms with E-state index in [0.29, 0.717) is 0 Å². The molecule has 0 atom stereocenters. The van der Waals surface area contributed by atoms with E-state index in [0.717, 1.165) is 22.4 Å². The van der Waals surface area contributed by atoms with Gasteiger partial charge in [-0.3, -0.25) is 4.57 Å². The first kappa shape index (κ1) is 22.6. The van der Waals surface area contributed by atoms with Crippen molar-refractivity contribution in [3.8, 4) is 22.5 Å². The topological polar surface area (TPSA) is 22.8 Å². The molecule has 0 unspecified atom stereocenters. The lowest BCUT2D eigenvalue weighted by Crippen LogP contribution is -2.16. The van der Waals surface area contributed by atoms with Crippen molar-refractivity contribution in [2.45, 2.75) is 19.3 Å². The maximum atomic E-state index is 4.73. The molecule has 8 aromatic rings. The highest BCUT2D eigenvalue weighted by Crippen LogP contribution is 2.53. The summed E-state index contributed by atoms with van der Waals surface area (Å²) >= 11 is 0. The van der Waals surface area contributed by atoms with Gasteiger partial charge in [0.1, 0.15) is 6.33 Å². The molecule has 0 saturated heterocycles. The first-order valence-electron chi connectivity index (χ1n) is 14.2. The summed E-state index contributed by atoms with van der Waals surface area (Å²) in [5.41, 5.74) is 12.2. The smallest absolute Gasteiger partial charge is 0.100 e. The van der Waals surface area contributed by atoms with Gasteiger partial charge in [0, 0.05) is 27.6 Å². The molecule has 0 radical (unpaired) electrons. The van der Waals surface area contributed by atoms with Gasteiger partial charge in [-0.2, -0.15) is 0 Å². The van der Waals surface area contributed by atoms with Crippen LogP contribution in [-0.4, -0.2) is 14.1 Å². The highest BCUT2D eigenvalue weighted by atomic mass is 15.1. The number of imidazole rings is 1. The van der Waals surface area contributed by atoms with E-state index in [9.17, 15) is 0 Å². The summed E-state index contributed by atoms with van der Waals surface area (Å²) in [5, 5.41) is 5.15. The predicted octanol–water partition coefficient (Wildman–Crippen LogP) is 9.58. The molecule has 0 N–H and O–H groups in total. The van der Waals surface area contributed by atoms with Crippen LogP contribution in [-0.2, 0) is 5.41 Å². The van der Waals surface area contributed by atoms with Gasteiger partial charge in [-0.1, -0.05) is 86.6 Å². The van der Waals surface area contributed by atoms with Gasteiger partial charge in [-0.05, 0) is 81.6 Å². The van der Waals surface area contributed by atoms with Crippen molar-refractivity contribution in [1.29, 1.82) is 0 Å². The molecule has 0 aliphatic heterocycles. The second kappa shape index (κ2) is 7.96. The summed E-state index contributed by atoms with van der Waals surface area (Å²) in [6, 6.07) is 44.2. The Morgan fingerprint density at radius 2 is 1.34 bits per heavy atom. The van der Waals surface area contributed by atoms with Crippen LogP contribution in [0.2, 0.25) is 0 Å². The molecule has 2 aromatic heterocycles. The highest BCUT2D eigenvalue weighted by molar-refractivity contribution is 6.13. The van der Waals surface area contributed by atoms with E-state index in [1.54, 1.807) is 0 Å². The molecule has 3 nitrogen and oxygen atoms in total. The summed E-state index contributed by atoms with van der Waals surface area (Å²) in [7, 11) is 0. The van der Waals surface area contributed by atoms with Crippen LogP contribution in [0.5, 0.6) is 0 Å². The molecule has 3 heteroatoms. The number of fused-ring (bicyclic) bond motifs is 9. The van der Waals surface area contributed by atoms with E-state index >= 15 is 0 Å². The molecular formula is C38H27N3. The fourth-order valence-corrected chi connectivity index (χ4v) is 7.23. The number of benzene rings is 6. The summed E-state index contributed by atoms with van der Waals surface area (Å²) < 4.78 is 4.67. The second-order valence-corrected chi connectivity index (χ2v) is 11.7. The minimum Gasteiger partial charge on any atom is -0.309 e. The van der Waals surface area contributed by atoms with Gasteiger partial charge in [0.2, 0.25) is 0 Å². The molecule has 1 aliphatic rings. The molecule has 1 aliphatic carbocycles. The van der Waals surface area contributed by atoms with Gasteiger partial charge in [-0.25, -0.2) is 4.98 Å². The Morgan fingerprint density at radius 3 is 2.20 bits per heavy atom. The van der Waals surface area contributed by atoms with Crippen molar-refractivity contribution in [2.24, 2.45) is 0 Å². The zero-order valence-electron chi connectivity index (χ0n) is 23.0. The Kier molecular flexibility index (Phi) is 4.39. The van der Waals surface area contributed by atoms with E-state index in [2.05, 4.69) is 144 Å². The molecule has 0 bridgehead atoms. The van der Waals surface area contributed by atoms with Crippen LogP contribution in [0.1, 0.15) is 25.0 Å². The molecule has 0 fully saturated rings. The van der Waals surface area contributed by atoms with Crippen molar-refractivity contribution < 1.29 is 0 Å². The Balaban J connectivity index is 1.39.